The van der Waals surface area contributed by atoms with Crippen molar-refractivity contribution < 1.29 is 4.74 Å². The monoisotopic (exact) mass is 264 g/mol. The molecule has 0 amide bonds. The summed E-state index contributed by atoms with van der Waals surface area (Å²) in [7, 11) is 3.67. The predicted molar refractivity (Wildman–Crippen MR) is 76.8 cm³/mol. The molecular formula is C14H24N4O. The molecule has 1 aliphatic heterocycles. The van der Waals surface area contributed by atoms with Gasteiger partial charge in [0, 0.05) is 19.2 Å². The summed E-state index contributed by atoms with van der Waals surface area (Å²) in [4.78, 5) is 11.1. The van der Waals surface area contributed by atoms with Crippen molar-refractivity contribution >= 4 is 5.82 Å². The van der Waals surface area contributed by atoms with Gasteiger partial charge in [0.05, 0.1) is 7.11 Å². The maximum Gasteiger partial charge on any atom is 0.218 e. The number of hydrogen-bond acceptors (Lipinski definition) is 5. The van der Waals surface area contributed by atoms with Crippen LogP contribution < -0.4 is 15.0 Å². The summed E-state index contributed by atoms with van der Waals surface area (Å²) in [6.45, 7) is 5.18. The Hall–Kier alpha value is -1.36. The van der Waals surface area contributed by atoms with Crippen LogP contribution in [-0.4, -0.2) is 43.8 Å². The first-order chi connectivity index (χ1) is 9.22. The van der Waals surface area contributed by atoms with Crippen LogP contribution in [-0.2, 0) is 0 Å². The Kier molecular flexibility index (Phi) is 4.96. The van der Waals surface area contributed by atoms with Crippen LogP contribution in [0.4, 0.5) is 5.82 Å². The Morgan fingerprint density at radius 2 is 2.11 bits per heavy atom. The molecule has 106 valence electrons. The summed E-state index contributed by atoms with van der Waals surface area (Å²) >= 11 is 0. The van der Waals surface area contributed by atoms with Gasteiger partial charge in [-0.2, -0.15) is 4.98 Å². The van der Waals surface area contributed by atoms with Crippen LogP contribution in [0.25, 0.3) is 0 Å². The Bertz CT molecular complexity index is 402. The topological polar surface area (TPSA) is 50.3 Å². The number of nitrogens with one attached hydrogen (secondary N) is 1. The van der Waals surface area contributed by atoms with Crippen molar-refractivity contribution in [1.29, 1.82) is 0 Å². The third-order valence-corrected chi connectivity index (χ3v) is 3.75. The molecule has 1 saturated heterocycles. The van der Waals surface area contributed by atoms with Gasteiger partial charge in [0.1, 0.15) is 11.6 Å². The third-order valence-electron chi connectivity index (χ3n) is 3.75. The van der Waals surface area contributed by atoms with Crippen molar-refractivity contribution in [2.75, 3.05) is 38.7 Å². The SMILES string of the molecule is CNCCC1CCN(c2cc(OC)nc(C)n2)CC1. The zero-order chi connectivity index (χ0) is 13.7. The minimum atomic E-state index is 0.653. The van der Waals surface area contributed by atoms with Crippen LogP contribution in [0.2, 0.25) is 0 Å². The van der Waals surface area contributed by atoms with E-state index in [0.717, 1.165) is 37.2 Å². The van der Waals surface area contributed by atoms with Gasteiger partial charge >= 0.3 is 0 Å². The number of anilines is 1. The highest BCUT2D eigenvalue weighted by molar-refractivity contribution is 5.42. The van der Waals surface area contributed by atoms with Crippen LogP contribution in [0.15, 0.2) is 6.07 Å². The van der Waals surface area contributed by atoms with Crippen molar-refractivity contribution in [3.8, 4) is 5.88 Å². The first kappa shape index (κ1) is 14.1. The maximum absolute atomic E-state index is 5.21. The summed E-state index contributed by atoms with van der Waals surface area (Å²) in [6.07, 6.45) is 3.76. The second kappa shape index (κ2) is 6.70. The van der Waals surface area contributed by atoms with Gasteiger partial charge in [-0.3, -0.25) is 0 Å². The fourth-order valence-electron chi connectivity index (χ4n) is 2.59. The number of aromatic nitrogens is 2. The van der Waals surface area contributed by atoms with E-state index in [1.807, 2.05) is 20.0 Å². The van der Waals surface area contributed by atoms with E-state index in [0.29, 0.717) is 5.88 Å². The summed E-state index contributed by atoms with van der Waals surface area (Å²) in [5.74, 6) is 3.26. The third kappa shape index (κ3) is 3.80. The van der Waals surface area contributed by atoms with Gasteiger partial charge in [0.2, 0.25) is 5.88 Å². The second-order valence-electron chi connectivity index (χ2n) is 5.14. The lowest BCUT2D eigenvalue weighted by molar-refractivity contribution is 0.374. The highest BCUT2D eigenvalue weighted by Gasteiger charge is 2.20. The molecule has 5 nitrogen and oxygen atoms in total. The van der Waals surface area contributed by atoms with Crippen molar-refractivity contribution in [1.82, 2.24) is 15.3 Å². The quantitative estimate of drug-likeness (QED) is 0.876. The van der Waals surface area contributed by atoms with Gasteiger partial charge in [-0.15, -0.1) is 0 Å². The molecule has 0 radical (unpaired) electrons. The lowest BCUT2D eigenvalue weighted by Gasteiger charge is -2.33. The minimum absolute atomic E-state index is 0.653. The van der Waals surface area contributed by atoms with Crippen LogP contribution in [0.1, 0.15) is 25.1 Å². The number of piperidine rings is 1. The number of nitrogens with zero attached hydrogens (tertiary/aromatic N) is 3. The van der Waals surface area contributed by atoms with Crippen LogP contribution in [0.3, 0.4) is 0 Å². The Labute approximate surface area is 115 Å². The number of rotatable bonds is 5. The molecule has 0 spiro atoms. The van der Waals surface area contributed by atoms with E-state index in [4.69, 9.17) is 4.74 Å². The summed E-state index contributed by atoms with van der Waals surface area (Å²) in [5.41, 5.74) is 0. The Morgan fingerprint density at radius 3 is 2.74 bits per heavy atom. The highest BCUT2D eigenvalue weighted by atomic mass is 16.5. The summed E-state index contributed by atoms with van der Waals surface area (Å²) in [6, 6.07) is 1.93. The molecule has 0 unspecified atom stereocenters. The zero-order valence-corrected chi connectivity index (χ0v) is 12.1. The van der Waals surface area contributed by atoms with Gasteiger partial charge in [0.25, 0.3) is 0 Å². The largest absolute Gasteiger partial charge is 0.481 e. The van der Waals surface area contributed by atoms with Gasteiger partial charge in [-0.1, -0.05) is 0 Å². The van der Waals surface area contributed by atoms with E-state index < -0.39 is 0 Å². The number of hydrogen-bond donors (Lipinski definition) is 1. The van der Waals surface area contributed by atoms with Crippen LogP contribution in [0.5, 0.6) is 5.88 Å². The lowest BCUT2D eigenvalue weighted by atomic mass is 9.93. The fourth-order valence-corrected chi connectivity index (χ4v) is 2.59. The normalized spacial score (nSPS) is 16.7. The van der Waals surface area contributed by atoms with Gasteiger partial charge in [-0.25, -0.2) is 4.98 Å². The van der Waals surface area contributed by atoms with Crippen molar-refractivity contribution in [3.05, 3.63) is 11.9 Å². The number of methoxy groups -OCH3 is 1. The molecule has 5 heteroatoms. The molecule has 2 heterocycles. The molecule has 1 aromatic rings. The zero-order valence-electron chi connectivity index (χ0n) is 12.1. The molecule has 2 rings (SSSR count). The number of aryl methyl sites for hydroxylation is 1. The molecule has 1 aromatic heterocycles. The lowest BCUT2D eigenvalue weighted by Crippen LogP contribution is -2.35. The van der Waals surface area contributed by atoms with Crippen LogP contribution >= 0.6 is 0 Å². The van der Waals surface area contributed by atoms with E-state index in [2.05, 4.69) is 20.2 Å². The smallest absolute Gasteiger partial charge is 0.218 e. The molecule has 0 aliphatic carbocycles. The van der Waals surface area contributed by atoms with Gasteiger partial charge in [0.15, 0.2) is 0 Å². The molecule has 1 fully saturated rings. The molecular weight excluding hydrogens is 240 g/mol. The van der Waals surface area contributed by atoms with Crippen molar-refractivity contribution in [3.63, 3.8) is 0 Å². The van der Waals surface area contributed by atoms with E-state index in [9.17, 15) is 0 Å². The standard InChI is InChI=1S/C14H24N4O/c1-11-16-13(10-14(17-11)19-3)18-8-5-12(6-9-18)4-7-15-2/h10,12,15H,4-9H2,1-3H3. The molecule has 0 atom stereocenters. The average molecular weight is 264 g/mol. The fraction of sp³-hybridized carbons (Fsp3) is 0.714. The van der Waals surface area contributed by atoms with Gasteiger partial charge < -0.3 is 15.0 Å². The molecule has 0 saturated carbocycles. The van der Waals surface area contributed by atoms with Crippen molar-refractivity contribution in [2.45, 2.75) is 26.2 Å². The number of ether oxygens (including phenoxy) is 1. The Morgan fingerprint density at radius 1 is 1.37 bits per heavy atom. The van der Waals surface area contributed by atoms with E-state index >= 15 is 0 Å². The first-order valence-corrected chi connectivity index (χ1v) is 7.02. The minimum Gasteiger partial charge on any atom is -0.481 e. The van der Waals surface area contributed by atoms with E-state index in [1.54, 1.807) is 7.11 Å². The average Bonchev–Trinajstić information content (AvgIpc) is 2.45. The van der Waals surface area contributed by atoms with E-state index in [1.165, 1.54) is 19.3 Å². The molecule has 0 aromatic carbocycles. The van der Waals surface area contributed by atoms with E-state index in [-0.39, 0.29) is 0 Å². The van der Waals surface area contributed by atoms with Gasteiger partial charge in [-0.05, 0) is 45.7 Å². The predicted octanol–water partition coefficient (Wildman–Crippen LogP) is 1.62. The first-order valence-electron chi connectivity index (χ1n) is 7.02. The summed E-state index contributed by atoms with van der Waals surface area (Å²) < 4.78 is 5.21. The highest BCUT2D eigenvalue weighted by Crippen LogP contribution is 2.25. The molecule has 1 aliphatic rings. The van der Waals surface area contributed by atoms with Crippen molar-refractivity contribution in [2.24, 2.45) is 5.92 Å². The van der Waals surface area contributed by atoms with Crippen LogP contribution in [0, 0.1) is 12.8 Å². The maximum atomic E-state index is 5.21. The molecule has 1 N–H and O–H groups in total. The second-order valence-corrected chi connectivity index (χ2v) is 5.14. The summed E-state index contributed by atoms with van der Waals surface area (Å²) in [5, 5.41) is 3.23. The molecule has 19 heavy (non-hydrogen) atoms. The Balaban J connectivity index is 1.95. The molecule has 0 bridgehead atoms.